The van der Waals surface area contributed by atoms with Crippen molar-refractivity contribution in [3.63, 3.8) is 0 Å². The van der Waals surface area contributed by atoms with E-state index in [1.807, 2.05) is 93.5 Å². The second kappa shape index (κ2) is 49.0. The Morgan fingerprint density at radius 3 is 1.69 bits per heavy atom. The Balaban J connectivity index is 0.000000309. The number of nitrogen functional groups attached to an aromatic ring is 1. The molecular formula is C89H112ClF4N11O25. The second-order valence-electron chi connectivity index (χ2n) is 33.8. The van der Waals surface area contributed by atoms with Gasteiger partial charge in [0.15, 0.2) is 23.2 Å². The number of hydrogen-bond acceptors (Lipinski definition) is 24. The minimum atomic E-state index is -1.92. The number of carboxylic acid groups (broad SMARTS) is 2. The first-order valence-electron chi connectivity index (χ1n) is 41.5. The fourth-order valence-electron chi connectivity index (χ4n) is 13.5. The Morgan fingerprint density at radius 1 is 0.646 bits per heavy atom. The zero-order chi connectivity index (χ0) is 97.7. The Kier molecular flexibility index (Phi) is 40.5. The van der Waals surface area contributed by atoms with Crippen molar-refractivity contribution >= 4 is 135 Å². The summed E-state index contributed by atoms with van der Waals surface area (Å²) < 4.78 is 79.8. The lowest BCUT2D eigenvalue weighted by atomic mass is 9.85. The van der Waals surface area contributed by atoms with Crippen LogP contribution in [-0.4, -0.2) is 196 Å². The van der Waals surface area contributed by atoms with Gasteiger partial charge in [0.25, 0.3) is 23.3 Å². The summed E-state index contributed by atoms with van der Waals surface area (Å²) in [6, 6.07) is 14.6. The monoisotopic (exact) mass is 1850 g/mol. The fourth-order valence-corrected chi connectivity index (χ4v) is 13.6. The molecule has 8 rings (SSSR count). The van der Waals surface area contributed by atoms with Gasteiger partial charge in [-0.05, 0) is 102 Å². The van der Waals surface area contributed by atoms with E-state index < -0.39 is 197 Å². The van der Waals surface area contributed by atoms with E-state index in [2.05, 4.69) is 52.0 Å². The van der Waals surface area contributed by atoms with Crippen molar-refractivity contribution in [3.8, 4) is 5.75 Å². The van der Waals surface area contributed by atoms with Crippen molar-refractivity contribution in [1.29, 1.82) is 0 Å². The van der Waals surface area contributed by atoms with Gasteiger partial charge in [-0.3, -0.25) is 82.0 Å². The number of ketones is 3. The van der Waals surface area contributed by atoms with E-state index in [9.17, 15) is 104 Å². The molecule has 3 fully saturated rings. The quantitative estimate of drug-likeness (QED) is 0.00343. The Morgan fingerprint density at radius 2 is 1.18 bits per heavy atom. The minimum Gasteiger partial charge on any atom is -0.481 e. The number of carbonyl (C=O) groups is 17. The zero-order valence-corrected chi connectivity index (χ0v) is 75.4. The van der Waals surface area contributed by atoms with Crippen LogP contribution in [-0.2, 0) is 102 Å². The normalized spacial score (nSPS) is 17.1. The highest BCUT2D eigenvalue weighted by molar-refractivity contribution is 6.41. The van der Waals surface area contributed by atoms with E-state index in [4.69, 9.17) is 41.8 Å². The van der Waals surface area contributed by atoms with Crippen LogP contribution < -0.4 is 58.6 Å². The largest absolute Gasteiger partial charge is 0.481 e. The third-order valence-electron chi connectivity index (χ3n) is 20.3. The van der Waals surface area contributed by atoms with Gasteiger partial charge in [0, 0.05) is 67.0 Å². The molecule has 36 nitrogen and oxygen atoms in total. The zero-order valence-electron chi connectivity index (χ0n) is 74.6. The second-order valence-corrected chi connectivity index (χ2v) is 34.2. The molecular weight excluding hydrogens is 1730 g/mol. The van der Waals surface area contributed by atoms with E-state index in [1.165, 1.54) is 49.2 Å². The number of benzene rings is 4. The number of rotatable bonds is 35. The number of cyclic esters (lactones) is 2. The number of hydrogen-bond donors (Lipinski definition) is 11. The van der Waals surface area contributed by atoms with Crippen LogP contribution in [0.1, 0.15) is 195 Å². The lowest BCUT2D eigenvalue weighted by Crippen LogP contribution is -2.58. The number of esters is 2. The first kappa shape index (κ1) is 108. The predicted octanol–water partition coefficient (Wildman–Crippen LogP) is 8.79. The number of Topliss-reactive ketones (excluding diaryl/α,β-unsaturated/α-hetero) is 3. The summed E-state index contributed by atoms with van der Waals surface area (Å²) in [6.45, 7) is 25.2. The van der Waals surface area contributed by atoms with Gasteiger partial charge in [0.2, 0.25) is 59.0 Å². The number of anilines is 4. The van der Waals surface area contributed by atoms with Crippen molar-refractivity contribution in [2.45, 2.75) is 233 Å². The van der Waals surface area contributed by atoms with E-state index in [0.29, 0.717) is 55.8 Å². The van der Waals surface area contributed by atoms with Crippen LogP contribution in [0, 0.1) is 40.5 Å². The number of pyridine rings is 1. The van der Waals surface area contributed by atoms with Crippen LogP contribution in [0.4, 0.5) is 45.1 Å². The van der Waals surface area contributed by atoms with Crippen molar-refractivity contribution in [1.82, 2.24) is 36.1 Å². The Bertz CT molecular complexity index is 5040. The molecule has 4 heterocycles. The molecule has 41 heteroatoms. The smallest absolute Gasteiger partial charge is 0.411 e. The van der Waals surface area contributed by atoms with E-state index in [0.717, 1.165) is 29.2 Å². The lowest BCUT2D eigenvalue weighted by molar-refractivity contribution is -0.164. The van der Waals surface area contributed by atoms with Crippen LogP contribution in [0.2, 0.25) is 5.02 Å². The molecule has 0 bridgehead atoms. The Labute approximate surface area is 752 Å². The highest BCUT2D eigenvalue weighted by Gasteiger charge is 2.45. The maximum Gasteiger partial charge on any atom is 0.411 e. The predicted molar refractivity (Wildman–Crippen MR) is 463 cm³/mol. The molecule has 0 radical (unpaired) electrons. The standard InChI is InChI=1S/C25H35ClN4O5.C22H21F4N3O8.C22H30N2O6.C20H26N2O6/c1-5-7-19-17(13-20(31)35-19)28-23(33)18-8-6-11-30(18)24(34)21(25(2,3)4)29-22(32)14-9-10-16(27)15(26)12-14;1-3-14(29-6-4-5-12(21(29)34)28-22(35)36-2)20(33)27-13(8-16(31)32)15(30)9-37-19-17(25)10(23)7-11(24)18(19)26;1-6-29-21-16(12-18(26)30-21)24-19(27)13(2)11-17(25)20(28)23-15-10-8-7-9-14(15)22(3,4)5;1-12(18(27)21-13(11-23)10-17(25)26)9-16(24)19(28)22-15-8-6-5-7-14(15)20(2,3)4/h9-10,12,17-19,21H,5-8,11,13,27H2,1-4H3,(H,28,33)(H,29,32);4-7,13-14H,3,8-9H2,1-2H3,(H,27,33)(H,28,35)(H,31,32);7-10,13,16,21H,6,11-12H2,1-5H3,(H,23,28)(H,24,27);5-8,11-13H,9-10H2,1-4H3,(H,21,27)(H,22,28)(H,25,26)/t17-,18?,19-,21+;13-,14-;13-,16?,21?;12-,13+/m0011/s1. The van der Waals surface area contributed by atoms with Gasteiger partial charge in [-0.1, -0.05) is 144 Å². The van der Waals surface area contributed by atoms with Gasteiger partial charge >= 0.3 is 30.0 Å². The Hall–Kier alpha value is -13.0. The summed E-state index contributed by atoms with van der Waals surface area (Å²) >= 11 is 6.06. The summed E-state index contributed by atoms with van der Waals surface area (Å²) in [7, 11) is 1.07. The number of carboxylic acids is 2. The number of aldehydes is 1. The number of aliphatic carboxylic acids is 2. The van der Waals surface area contributed by atoms with Gasteiger partial charge < -0.3 is 91.1 Å². The van der Waals surface area contributed by atoms with E-state index in [1.54, 1.807) is 44.2 Å². The van der Waals surface area contributed by atoms with E-state index in [-0.39, 0.29) is 89.2 Å². The van der Waals surface area contributed by atoms with Crippen LogP contribution >= 0.6 is 11.6 Å². The molecule has 11 atom stereocenters. The molecule has 130 heavy (non-hydrogen) atoms. The van der Waals surface area contributed by atoms with Crippen LogP contribution in [0.15, 0.2) is 95.9 Å². The van der Waals surface area contributed by atoms with Gasteiger partial charge in [-0.15, -0.1) is 0 Å². The molecule has 3 aliphatic heterocycles. The number of halogens is 5. The molecule has 0 saturated carbocycles. The topological polar surface area (TPSA) is 524 Å². The fraction of sp³-hybridized carbons (Fsp3) is 0.483. The molecule has 12 N–H and O–H groups in total. The van der Waals surface area contributed by atoms with E-state index >= 15 is 0 Å². The molecule has 9 amide bonds. The van der Waals surface area contributed by atoms with Gasteiger partial charge in [0.1, 0.15) is 54.9 Å². The molecule has 0 aliphatic carbocycles. The third-order valence-corrected chi connectivity index (χ3v) is 20.6. The number of nitrogens with two attached hydrogens (primary N) is 1. The summed E-state index contributed by atoms with van der Waals surface area (Å²) in [4.78, 5) is 221. The van der Waals surface area contributed by atoms with Crippen LogP contribution in [0.25, 0.3) is 0 Å². The number of methoxy groups -OCH3 is 1. The molecule has 3 aliphatic rings. The first-order chi connectivity index (χ1) is 60.8. The molecule has 708 valence electrons. The van der Waals surface area contributed by atoms with Gasteiger partial charge in [-0.25, -0.2) is 13.6 Å². The number of nitrogens with zero attached hydrogens (tertiary/aromatic N) is 2. The van der Waals surface area contributed by atoms with Crippen molar-refractivity contribution in [2.24, 2.45) is 17.3 Å². The summed E-state index contributed by atoms with van der Waals surface area (Å²) in [6.07, 6.45) is -0.0302. The number of carbonyl (C=O) groups excluding carboxylic acids is 15. The highest BCUT2D eigenvalue weighted by Crippen LogP contribution is 2.34. The van der Waals surface area contributed by atoms with Crippen molar-refractivity contribution in [3.05, 3.63) is 146 Å². The molecule has 3 saturated heterocycles. The number of aromatic nitrogens is 1. The van der Waals surface area contributed by atoms with Crippen LogP contribution in [0.3, 0.4) is 0 Å². The van der Waals surface area contributed by atoms with Gasteiger partial charge in [0.05, 0.1) is 55.6 Å². The number of para-hydroxylation sites is 2. The maximum atomic E-state index is 13.8. The number of nitrogens with one attached hydrogen (secondary N) is 8. The molecule has 4 aromatic carbocycles. The summed E-state index contributed by atoms with van der Waals surface area (Å²) in [5.41, 5.74) is 7.11. The van der Waals surface area contributed by atoms with Gasteiger partial charge in [-0.2, -0.15) is 8.78 Å². The first-order valence-corrected chi connectivity index (χ1v) is 41.9. The number of likely N-dealkylation sites (tertiary alicyclic amines) is 1. The summed E-state index contributed by atoms with van der Waals surface area (Å²) in [5, 5.41) is 38.3. The molecule has 5 aromatic rings. The molecule has 3 unspecified atom stereocenters. The minimum absolute atomic E-state index is 0.00114. The molecule has 0 spiro atoms. The average molecular weight is 1850 g/mol. The SMILES string of the molecule is CCC[C@@H]1OC(=O)C[C@@H]1NC(=O)C1CCCN1C(=O)[C@@H](NC(=O)c1ccc(N)c(Cl)c1)C(C)(C)C.CCOC1OC(=O)CC1NC(=O)[C@H](C)CC(=O)C(=O)Nc1ccccc1C(C)(C)C.CC[C@@H](C(=O)N[C@@H](CC(=O)O)C(=O)COc1c(F)c(F)cc(F)c1F)n1cccc(NC(=O)OC)c1=O.C[C@H](CC(=O)C(=O)Nc1ccccc1C(C)(C)C)C(=O)N[C@H](C=O)CC(=O)O. The highest BCUT2D eigenvalue weighted by atomic mass is 35.5. The number of amides is 9. The lowest BCUT2D eigenvalue weighted by Gasteiger charge is -2.35. The van der Waals surface area contributed by atoms with Crippen molar-refractivity contribution in [2.75, 3.05) is 48.6 Å². The maximum absolute atomic E-state index is 13.8. The summed E-state index contributed by atoms with van der Waals surface area (Å²) in [5.74, 6) is -21.7. The third kappa shape index (κ3) is 31.7. The number of ether oxygens (including phenoxy) is 5. The van der Waals surface area contributed by atoms with Crippen LogP contribution in [0.5, 0.6) is 5.75 Å². The molecule has 1 aromatic heterocycles. The van der Waals surface area contributed by atoms with Crippen molar-refractivity contribution < 1.29 is 133 Å². The average Bonchev–Trinajstić information content (AvgIpc) is 1.56.